The Morgan fingerprint density at radius 3 is 2.68 bits per heavy atom. The number of hydrogen-bond donors (Lipinski definition) is 1. The van der Waals surface area contributed by atoms with Crippen LogP contribution in [-0.2, 0) is 14.3 Å². The van der Waals surface area contributed by atoms with Gasteiger partial charge in [0.15, 0.2) is 10.9 Å². The van der Waals surface area contributed by atoms with Gasteiger partial charge in [0.25, 0.3) is 5.91 Å². The zero-order valence-corrected chi connectivity index (χ0v) is 24.5. The van der Waals surface area contributed by atoms with Gasteiger partial charge in [0.05, 0.1) is 11.6 Å². The molecule has 1 N–H and O–H groups in total. The molecule has 1 aromatic heterocycles. The van der Waals surface area contributed by atoms with Gasteiger partial charge in [-0.05, 0) is 44.0 Å². The molecule has 3 saturated heterocycles. The van der Waals surface area contributed by atoms with E-state index in [-0.39, 0.29) is 42.2 Å². The molecule has 5 rings (SSSR count). The summed E-state index contributed by atoms with van der Waals surface area (Å²) in [5.41, 5.74) is 0.937. The molecule has 0 bridgehead atoms. The molecule has 0 unspecified atom stereocenters. The zero-order chi connectivity index (χ0) is 29.3. The first-order valence-electron chi connectivity index (χ1n) is 14.1. The maximum absolute atomic E-state index is 15.3. The average molecular weight is 582 g/mol. The molecule has 218 valence electrons. The van der Waals surface area contributed by atoms with Gasteiger partial charge in [0.1, 0.15) is 30.6 Å². The van der Waals surface area contributed by atoms with Crippen molar-refractivity contribution in [1.82, 2.24) is 20.1 Å². The second kappa shape index (κ2) is 12.3. The Hall–Kier alpha value is -3.33. The number of piperazine rings is 1. The molecular weight excluding hydrogens is 545 g/mol. The normalized spacial score (nSPS) is 23.5. The van der Waals surface area contributed by atoms with Gasteiger partial charge >= 0.3 is 0 Å². The predicted octanol–water partition coefficient (Wildman–Crippen LogP) is 2.66. The van der Waals surface area contributed by atoms with E-state index in [2.05, 4.69) is 33.1 Å². The minimum atomic E-state index is -0.886. The summed E-state index contributed by atoms with van der Waals surface area (Å²) in [6.07, 6.45) is 6.17. The fraction of sp³-hybridized carbons (Fsp3) is 0.533. The van der Waals surface area contributed by atoms with Crippen molar-refractivity contribution >= 4 is 34.1 Å². The SMILES string of the molecule is C#C[C@@H]1CN(C(=O)[C@H](CCC(C)C)NC(=O)c2ccc(-c3csc(N4CCN(C)CC4)n3)c(F)c2)[C@@H]2C(=O)CO[C@H]12. The van der Waals surface area contributed by atoms with E-state index in [1.54, 1.807) is 12.1 Å². The molecule has 4 atom stereocenters. The summed E-state index contributed by atoms with van der Waals surface area (Å²) in [7, 11) is 2.09. The summed E-state index contributed by atoms with van der Waals surface area (Å²) in [6.45, 7) is 7.79. The van der Waals surface area contributed by atoms with E-state index in [1.807, 2.05) is 19.2 Å². The van der Waals surface area contributed by atoms with E-state index in [0.717, 1.165) is 31.3 Å². The number of hydrogen-bond acceptors (Lipinski definition) is 8. The molecule has 41 heavy (non-hydrogen) atoms. The molecular formula is C30H36FN5O4S. The van der Waals surface area contributed by atoms with Crippen LogP contribution in [0.15, 0.2) is 23.6 Å². The van der Waals surface area contributed by atoms with Gasteiger partial charge < -0.3 is 24.8 Å². The Morgan fingerprint density at radius 1 is 1.24 bits per heavy atom. The number of carbonyl (C=O) groups excluding carboxylic acids is 3. The average Bonchev–Trinajstić information content (AvgIpc) is 3.68. The maximum Gasteiger partial charge on any atom is 0.252 e. The molecule has 0 aliphatic carbocycles. The smallest absolute Gasteiger partial charge is 0.252 e. The molecule has 9 nitrogen and oxygen atoms in total. The Bertz CT molecular complexity index is 1350. The molecule has 3 aliphatic heterocycles. The van der Waals surface area contributed by atoms with Crippen molar-refractivity contribution < 1.29 is 23.5 Å². The number of ether oxygens (including phenoxy) is 1. The molecule has 0 spiro atoms. The number of anilines is 1. The van der Waals surface area contributed by atoms with Crippen molar-refractivity contribution in [2.24, 2.45) is 11.8 Å². The second-order valence-electron chi connectivity index (χ2n) is 11.4. The van der Waals surface area contributed by atoms with Crippen LogP contribution in [0.5, 0.6) is 0 Å². The third-order valence-corrected chi connectivity index (χ3v) is 8.99. The summed E-state index contributed by atoms with van der Waals surface area (Å²) >= 11 is 1.47. The zero-order valence-electron chi connectivity index (χ0n) is 23.6. The topological polar surface area (TPSA) is 95.1 Å². The number of carbonyl (C=O) groups is 3. The largest absolute Gasteiger partial charge is 0.366 e. The highest BCUT2D eigenvalue weighted by molar-refractivity contribution is 7.14. The minimum Gasteiger partial charge on any atom is -0.366 e. The van der Waals surface area contributed by atoms with Crippen LogP contribution in [0.3, 0.4) is 0 Å². The number of ketones is 1. The van der Waals surface area contributed by atoms with E-state index in [9.17, 15) is 14.4 Å². The summed E-state index contributed by atoms with van der Waals surface area (Å²) in [6, 6.07) is 2.64. The molecule has 2 amide bonds. The molecule has 3 aliphatic rings. The van der Waals surface area contributed by atoms with Crippen molar-refractivity contribution in [2.45, 2.75) is 44.9 Å². The molecule has 0 radical (unpaired) electrons. The molecule has 0 saturated carbocycles. The fourth-order valence-electron chi connectivity index (χ4n) is 5.62. The number of amides is 2. The molecule has 3 fully saturated rings. The monoisotopic (exact) mass is 581 g/mol. The van der Waals surface area contributed by atoms with Crippen molar-refractivity contribution in [2.75, 3.05) is 51.3 Å². The number of nitrogens with zero attached hydrogens (tertiary/aromatic N) is 4. The van der Waals surface area contributed by atoms with Crippen LogP contribution < -0.4 is 10.2 Å². The van der Waals surface area contributed by atoms with E-state index in [0.29, 0.717) is 24.1 Å². The van der Waals surface area contributed by atoms with Crippen molar-refractivity contribution in [3.05, 3.63) is 35.0 Å². The van der Waals surface area contributed by atoms with Crippen LogP contribution in [0.2, 0.25) is 0 Å². The van der Waals surface area contributed by atoms with Crippen LogP contribution in [0.1, 0.15) is 37.0 Å². The number of likely N-dealkylation sites (tertiary alicyclic amines) is 1. The van der Waals surface area contributed by atoms with Gasteiger partial charge in [-0.3, -0.25) is 14.4 Å². The molecule has 1 aromatic carbocycles. The van der Waals surface area contributed by atoms with Crippen molar-refractivity contribution in [3.8, 4) is 23.6 Å². The lowest BCUT2D eigenvalue weighted by molar-refractivity contribution is -0.138. The number of halogens is 1. The number of nitrogens with one attached hydrogen (secondary N) is 1. The number of likely N-dealkylation sites (N-methyl/N-ethyl adjacent to an activating group) is 1. The highest BCUT2D eigenvalue weighted by atomic mass is 32.1. The number of Topliss-reactive ketones (excluding diaryl/α,β-unsaturated/α-hetero) is 1. The highest BCUT2D eigenvalue weighted by Crippen LogP contribution is 2.33. The Balaban J connectivity index is 1.30. The van der Waals surface area contributed by atoms with Crippen molar-refractivity contribution in [1.29, 1.82) is 0 Å². The Morgan fingerprint density at radius 2 is 2.00 bits per heavy atom. The second-order valence-corrected chi connectivity index (χ2v) is 12.3. The van der Waals surface area contributed by atoms with Gasteiger partial charge in [0, 0.05) is 49.2 Å². The Labute approximate surface area is 244 Å². The minimum absolute atomic E-state index is 0.0816. The predicted molar refractivity (Wildman–Crippen MR) is 155 cm³/mol. The Kier molecular flexibility index (Phi) is 8.73. The number of fused-ring (bicyclic) bond motifs is 1. The standard InChI is InChI=1S/C30H36FN5O4S/c1-5-19-15-36(26-25(37)16-40-27(19)26)29(39)23(9-6-18(2)3)32-28(38)20-7-8-21(22(31)14-20)24-17-41-30(33-24)35-12-10-34(4)11-13-35/h1,7-8,14,17-19,23,26-27H,6,9-13,15-16H2,2-4H3,(H,32,38)/t19-,23+,26-,27-/m1/s1. The maximum atomic E-state index is 15.3. The number of terminal acetylenes is 1. The first kappa shape index (κ1) is 29.2. The van der Waals surface area contributed by atoms with Gasteiger partial charge in [-0.2, -0.15) is 0 Å². The van der Waals surface area contributed by atoms with Gasteiger partial charge in [0.2, 0.25) is 5.91 Å². The fourth-order valence-corrected chi connectivity index (χ4v) is 6.50. The van der Waals surface area contributed by atoms with Gasteiger partial charge in [-0.1, -0.05) is 19.8 Å². The van der Waals surface area contributed by atoms with Crippen molar-refractivity contribution in [3.63, 3.8) is 0 Å². The molecule has 4 heterocycles. The third-order valence-electron chi connectivity index (χ3n) is 8.09. The number of rotatable bonds is 8. The number of thiazole rings is 1. The lowest BCUT2D eigenvalue weighted by Gasteiger charge is -2.32. The molecule has 2 aromatic rings. The van der Waals surface area contributed by atoms with E-state index in [1.165, 1.54) is 22.3 Å². The quantitative estimate of drug-likeness (QED) is 0.479. The van der Waals surface area contributed by atoms with Crippen LogP contribution in [0.4, 0.5) is 9.52 Å². The van der Waals surface area contributed by atoms with Crippen LogP contribution in [-0.4, -0.2) is 96.9 Å². The van der Waals surface area contributed by atoms with Gasteiger partial charge in [-0.15, -0.1) is 17.8 Å². The lowest BCUT2D eigenvalue weighted by Crippen LogP contribution is -2.52. The van der Waals surface area contributed by atoms with E-state index >= 15 is 4.39 Å². The first-order chi connectivity index (χ1) is 19.7. The first-order valence-corrected chi connectivity index (χ1v) is 14.9. The number of benzene rings is 1. The summed E-state index contributed by atoms with van der Waals surface area (Å²) in [5.74, 6) is 0.843. The van der Waals surface area contributed by atoms with E-state index < -0.39 is 29.9 Å². The number of aromatic nitrogens is 1. The van der Waals surface area contributed by atoms with Gasteiger partial charge in [-0.25, -0.2) is 9.37 Å². The summed E-state index contributed by atoms with van der Waals surface area (Å²) in [4.78, 5) is 50.0. The summed E-state index contributed by atoms with van der Waals surface area (Å²) in [5, 5.41) is 5.48. The van der Waals surface area contributed by atoms with E-state index in [4.69, 9.17) is 11.2 Å². The highest BCUT2D eigenvalue weighted by Gasteiger charge is 2.52. The van der Waals surface area contributed by atoms with Crippen LogP contribution in [0, 0.1) is 30.0 Å². The summed E-state index contributed by atoms with van der Waals surface area (Å²) < 4.78 is 20.9. The molecule has 11 heteroatoms. The van der Waals surface area contributed by atoms with Crippen LogP contribution in [0.25, 0.3) is 11.3 Å². The lowest BCUT2D eigenvalue weighted by atomic mass is 10.0. The third kappa shape index (κ3) is 6.15. The van der Waals surface area contributed by atoms with Crippen LogP contribution >= 0.6 is 11.3 Å².